The number of phenolic OH excluding ortho intramolecular Hbond substituents is 1. The van der Waals surface area contributed by atoms with Gasteiger partial charge in [-0.05, 0) is 37.9 Å². The summed E-state index contributed by atoms with van der Waals surface area (Å²) in [6, 6.07) is 5.15. The van der Waals surface area contributed by atoms with Crippen LogP contribution in [-0.4, -0.2) is 17.6 Å². The van der Waals surface area contributed by atoms with Crippen LogP contribution in [-0.2, 0) is 4.79 Å². The molecule has 1 aromatic carbocycles. The van der Waals surface area contributed by atoms with E-state index in [1.165, 1.54) is 0 Å². The van der Waals surface area contributed by atoms with Gasteiger partial charge in [0.15, 0.2) is 0 Å². The first-order chi connectivity index (χ1) is 8.63. The van der Waals surface area contributed by atoms with Crippen molar-refractivity contribution in [3.05, 3.63) is 23.8 Å². The molecule has 100 valence electrons. The molecule has 1 rings (SSSR count). The van der Waals surface area contributed by atoms with Crippen molar-refractivity contribution in [1.82, 2.24) is 0 Å². The SMILES string of the molecule is Cc1ccc(NC(=O)CCCCCCN)cc1O. The molecule has 4 heteroatoms. The number of nitrogens with two attached hydrogens (primary N) is 1. The minimum Gasteiger partial charge on any atom is -0.508 e. The Hall–Kier alpha value is -1.55. The first kappa shape index (κ1) is 14.5. The molecular formula is C14H22N2O2. The number of nitrogens with one attached hydrogen (secondary N) is 1. The molecule has 0 bridgehead atoms. The molecule has 0 aliphatic rings. The van der Waals surface area contributed by atoms with E-state index >= 15 is 0 Å². The molecule has 0 aliphatic heterocycles. The molecule has 0 spiro atoms. The molecule has 0 radical (unpaired) electrons. The lowest BCUT2D eigenvalue weighted by Gasteiger charge is -2.06. The van der Waals surface area contributed by atoms with Gasteiger partial charge in [-0.15, -0.1) is 0 Å². The summed E-state index contributed by atoms with van der Waals surface area (Å²) in [4.78, 5) is 11.6. The van der Waals surface area contributed by atoms with Gasteiger partial charge in [-0.2, -0.15) is 0 Å². The molecule has 0 saturated carbocycles. The van der Waals surface area contributed by atoms with Gasteiger partial charge in [0, 0.05) is 18.2 Å². The van der Waals surface area contributed by atoms with E-state index in [-0.39, 0.29) is 11.7 Å². The standard InChI is InChI=1S/C14H22N2O2/c1-11-7-8-12(10-13(11)17)16-14(18)6-4-2-3-5-9-15/h7-8,10,17H,2-6,9,15H2,1H3,(H,16,18). The highest BCUT2D eigenvalue weighted by Gasteiger charge is 2.04. The van der Waals surface area contributed by atoms with E-state index in [2.05, 4.69) is 5.32 Å². The van der Waals surface area contributed by atoms with Gasteiger partial charge in [-0.3, -0.25) is 4.79 Å². The van der Waals surface area contributed by atoms with Crippen LogP contribution in [0.15, 0.2) is 18.2 Å². The number of aromatic hydroxyl groups is 1. The van der Waals surface area contributed by atoms with Gasteiger partial charge in [0.25, 0.3) is 0 Å². The van der Waals surface area contributed by atoms with Crippen molar-refractivity contribution in [1.29, 1.82) is 0 Å². The Morgan fingerprint density at radius 3 is 2.67 bits per heavy atom. The van der Waals surface area contributed by atoms with Crippen LogP contribution in [0, 0.1) is 6.92 Å². The van der Waals surface area contributed by atoms with Crippen LogP contribution < -0.4 is 11.1 Å². The summed E-state index contributed by atoms with van der Waals surface area (Å²) in [5.41, 5.74) is 6.84. The summed E-state index contributed by atoms with van der Waals surface area (Å²) in [5.74, 6) is 0.196. The van der Waals surface area contributed by atoms with Crippen molar-refractivity contribution in [3.8, 4) is 5.75 Å². The fourth-order valence-electron chi connectivity index (χ4n) is 1.69. The Morgan fingerprint density at radius 1 is 1.28 bits per heavy atom. The van der Waals surface area contributed by atoms with Gasteiger partial charge in [-0.25, -0.2) is 0 Å². The van der Waals surface area contributed by atoms with E-state index in [9.17, 15) is 9.90 Å². The van der Waals surface area contributed by atoms with Gasteiger partial charge in [0.05, 0.1) is 0 Å². The number of carbonyl (C=O) groups excluding carboxylic acids is 1. The Labute approximate surface area is 108 Å². The van der Waals surface area contributed by atoms with Gasteiger partial charge in [0.2, 0.25) is 5.91 Å². The number of phenols is 1. The van der Waals surface area contributed by atoms with E-state index in [0.717, 1.165) is 37.8 Å². The van der Waals surface area contributed by atoms with Gasteiger partial charge in [-0.1, -0.05) is 18.9 Å². The summed E-state index contributed by atoms with van der Waals surface area (Å²) in [7, 11) is 0. The van der Waals surface area contributed by atoms with Crippen LogP contribution in [0.3, 0.4) is 0 Å². The molecule has 4 nitrogen and oxygen atoms in total. The molecule has 0 heterocycles. The number of aryl methyl sites for hydroxylation is 1. The summed E-state index contributed by atoms with van der Waals surface area (Å²) >= 11 is 0. The second-order valence-electron chi connectivity index (χ2n) is 4.50. The average Bonchev–Trinajstić information content (AvgIpc) is 2.34. The van der Waals surface area contributed by atoms with Gasteiger partial charge < -0.3 is 16.2 Å². The fourth-order valence-corrected chi connectivity index (χ4v) is 1.69. The highest BCUT2D eigenvalue weighted by molar-refractivity contribution is 5.90. The summed E-state index contributed by atoms with van der Waals surface area (Å²) in [6.45, 7) is 2.53. The number of hydrogen-bond donors (Lipinski definition) is 3. The second kappa shape index (κ2) is 7.71. The highest BCUT2D eigenvalue weighted by Crippen LogP contribution is 2.21. The van der Waals surface area contributed by atoms with Gasteiger partial charge in [0.1, 0.15) is 5.75 Å². The maximum atomic E-state index is 11.6. The van der Waals surface area contributed by atoms with Crippen molar-refractivity contribution in [2.45, 2.75) is 39.0 Å². The predicted octanol–water partition coefficient (Wildman–Crippen LogP) is 2.55. The number of hydrogen-bond acceptors (Lipinski definition) is 3. The number of carbonyl (C=O) groups is 1. The maximum Gasteiger partial charge on any atom is 0.224 e. The van der Waals surface area contributed by atoms with E-state index in [0.29, 0.717) is 12.1 Å². The monoisotopic (exact) mass is 250 g/mol. The van der Waals surface area contributed by atoms with Crippen LogP contribution in [0.2, 0.25) is 0 Å². The Bertz CT molecular complexity index is 391. The van der Waals surface area contributed by atoms with E-state index in [4.69, 9.17) is 5.73 Å². The zero-order valence-corrected chi connectivity index (χ0v) is 10.9. The Kier molecular flexibility index (Phi) is 6.22. The minimum atomic E-state index is -0.00833. The number of rotatable bonds is 7. The van der Waals surface area contributed by atoms with Crippen LogP contribution in [0.25, 0.3) is 0 Å². The van der Waals surface area contributed by atoms with E-state index in [1.54, 1.807) is 18.2 Å². The Morgan fingerprint density at radius 2 is 2.00 bits per heavy atom. The molecule has 4 N–H and O–H groups in total. The third-order valence-corrected chi connectivity index (χ3v) is 2.85. The largest absolute Gasteiger partial charge is 0.508 e. The van der Waals surface area contributed by atoms with Crippen LogP contribution in [0.1, 0.15) is 37.7 Å². The third-order valence-electron chi connectivity index (χ3n) is 2.85. The van der Waals surface area contributed by atoms with Crippen LogP contribution in [0.5, 0.6) is 5.75 Å². The van der Waals surface area contributed by atoms with Crippen molar-refractivity contribution in [2.24, 2.45) is 5.73 Å². The number of unbranched alkanes of at least 4 members (excludes halogenated alkanes) is 3. The molecule has 1 amide bonds. The van der Waals surface area contributed by atoms with E-state index < -0.39 is 0 Å². The summed E-state index contributed by atoms with van der Waals surface area (Å²) < 4.78 is 0. The first-order valence-electron chi connectivity index (χ1n) is 6.43. The number of benzene rings is 1. The molecule has 0 aromatic heterocycles. The summed E-state index contributed by atoms with van der Waals surface area (Å²) in [6.07, 6.45) is 4.52. The molecule has 0 atom stereocenters. The smallest absolute Gasteiger partial charge is 0.224 e. The number of amides is 1. The minimum absolute atomic E-state index is 0.00833. The lowest BCUT2D eigenvalue weighted by molar-refractivity contribution is -0.116. The predicted molar refractivity (Wildman–Crippen MR) is 73.6 cm³/mol. The van der Waals surface area contributed by atoms with Crippen molar-refractivity contribution < 1.29 is 9.90 Å². The molecule has 0 unspecified atom stereocenters. The molecule has 18 heavy (non-hydrogen) atoms. The lowest BCUT2D eigenvalue weighted by Crippen LogP contribution is -2.11. The van der Waals surface area contributed by atoms with E-state index in [1.807, 2.05) is 6.92 Å². The van der Waals surface area contributed by atoms with Crippen molar-refractivity contribution in [3.63, 3.8) is 0 Å². The van der Waals surface area contributed by atoms with Crippen LogP contribution in [0.4, 0.5) is 5.69 Å². The second-order valence-corrected chi connectivity index (χ2v) is 4.50. The van der Waals surface area contributed by atoms with Gasteiger partial charge >= 0.3 is 0 Å². The molecule has 0 aliphatic carbocycles. The first-order valence-corrected chi connectivity index (χ1v) is 6.43. The Balaban J connectivity index is 2.29. The normalized spacial score (nSPS) is 10.3. The lowest BCUT2D eigenvalue weighted by atomic mass is 10.1. The maximum absolute atomic E-state index is 11.6. The molecule has 0 fully saturated rings. The third kappa shape index (κ3) is 5.19. The molecular weight excluding hydrogens is 228 g/mol. The van der Waals surface area contributed by atoms with Crippen molar-refractivity contribution in [2.75, 3.05) is 11.9 Å². The molecule has 0 saturated heterocycles. The topological polar surface area (TPSA) is 75.4 Å². The van der Waals surface area contributed by atoms with Crippen LogP contribution >= 0.6 is 0 Å². The zero-order valence-electron chi connectivity index (χ0n) is 10.9. The average molecular weight is 250 g/mol. The quantitative estimate of drug-likeness (QED) is 0.651. The fraction of sp³-hybridized carbons (Fsp3) is 0.500. The molecule has 1 aromatic rings. The van der Waals surface area contributed by atoms with Crippen molar-refractivity contribution >= 4 is 11.6 Å². The summed E-state index contributed by atoms with van der Waals surface area (Å²) in [5, 5.41) is 12.3. The number of anilines is 1. The zero-order chi connectivity index (χ0) is 13.4. The highest BCUT2D eigenvalue weighted by atomic mass is 16.3.